The van der Waals surface area contributed by atoms with Crippen LogP contribution in [0.25, 0.3) is 0 Å². The van der Waals surface area contributed by atoms with E-state index in [0.29, 0.717) is 5.92 Å². The number of carbonyl (C=O) groups excluding carboxylic acids is 1. The Morgan fingerprint density at radius 3 is 2.95 bits per heavy atom. The summed E-state index contributed by atoms with van der Waals surface area (Å²) >= 11 is 0. The molecule has 1 amide bonds. The van der Waals surface area contributed by atoms with Gasteiger partial charge in [0.25, 0.3) is 5.91 Å². The zero-order valence-electron chi connectivity index (χ0n) is 11.7. The van der Waals surface area contributed by atoms with E-state index >= 15 is 0 Å². The fourth-order valence-electron chi connectivity index (χ4n) is 2.54. The summed E-state index contributed by atoms with van der Waals surface area (Å²) in [6, 6.07) is 7.72. The number of anilines is 1. The number of nitrogens with zero attached hydrogens (tertiary/aromatic N) is 2. The van der Waals surface area contributed by atoms with Gasteiger partial charge in [-0.1, -0.05) is 6.07 Å². The monoisotopic (exact) mass is 262 g/mol. The Morgan fingerprint density at radius 1 is 1.47 bits per heavy atom. The van der Waals surface area contributed by atoms with Crippen LogP contribution < -0.4 is 4.90 Å². The summed E-state index contributed by atoms with van der Waals surface area (Å²) in [4.78, 5) is 16.3. The Morgan fingerprint density at radius 2 is 2.26 bits per heavy atom. The van der Waals surface area contributed by atoms with Gasteiger partial charge in [-0.3, -0.25) is 4.79 Å². The van der Waals surface area contributed by atoms with Crippen LogP contribution in [0.15, 0.2) is 24.3 Å². The summed E-state index contributed by atoms with van der Waals surface area (Å²) in [5.74, 6) is 0.551. The molecule has 1 aromatic rings. The van der Waals surface area contributed by atoms with E-state index < -0.39 is 0 Å². The average Bonchev–Trinajstić information content (AvgIpc) is 2.87. The Bertz CT molecular complexity index is 446. The molecule has 1 atom stereocenters. The zero-order valence-corrected chi connectivity index (χ0v) is 11.7. The molecule has 4 heteroatoms. The lowest BCUT2D eigenvalue weighted by Gasteiger charge is -2.18. The highest BCUT2D eigenvalue weighted by molar-refractivity contribution is 5.95. The van der Waals surface area contributed by atoms with Gasteiger partial charge in [0.2, 0.25) is 0 Å². The first kappa shape index (κ1) is 13.9. The quantitative estimate of drug-likeness (QED) is 0.896. The Kier molecular flexibility index (Phi) is 4.43. The minimum atomic E-state index is 0.101. The maximum Gasteiger partial charge on any atom is 0.253 e. The molecule has 1 aliphatic rings. The minimum Gasteiger partial charge on any atom is -0.396 e. The highest BCUT2D eigenvalue weighted by Gasteiger charge is 2.26. The molecule has 0 spiro atoms. The van der Waals surface area contributed by atoms with E-state index in [4.69, 9.17) is 5.11 Å². The van der Waals surface area contributed by atoms with Crippen LogP contribution in [0.5, 0.6) is 0 Å². The molecule has 1 aromatic carbocycles. The molecule has 104 valence electrons. The Hall–Kier alpha value is -1.55. The summed E-state index contributed by atoms with van der Waals surface area (Å²) in [5.41, 5.74) is 1.79. The Labute approximate surface area is 114 Å². The van der Waals surface area contributed by atoms with Gasteiger partial charge < -0.3 is 14.9 Å². The molecule has 1 aliphatic heterocycles. The third kappa shape index (κ3) is 3.26. The van der Waals surface area contributed by atoms with E-state index in [1.165, 1.54) is 0 Å². The number of carbonyl (C=O) groups is 1. The van der Waals surface area contributed by atoms with E-state index in [9.17, 15) is 4.79 Å². The van der Waals surface area contributed by atoms with Gasteiger partial charge >= 0.3 is 0 Å². The van der Waals surface area contributed by atoms with Crippen LogP contribution in [-0.2, 0) is 0 Å². The van der Waals surface area contributed by atoms with Crippen molar-refractivity contribution in [2.24, 2.45) is 5.92 Å². The molecule has 1 N–H and O–H groups in total. The van der Waals surface area contributed by atoms with E-state index in [1.54, 1.807) is 0 Å². The first-order valence-electron chi connectivity index (χ1n) is 6.79. The van der Waals surface area contributed by atoms with Crippen LogP contribution in [0, 0.1) is 5.92 Å². The fourth-order valence-corrected chi connectivity index (χ4v) is 2.54. The fraction of sp³-hybridized carbons (Fsp3) is 0.533. The van der Waals surface area contributed by atoms with Crippen molar-refractivity contribution in [3.8, 4) is 0 Å². The lowest BCUT2D eigenvalue weighted by Crippen LogP contribution is -2.29. The number of aliphatic hydroxyl groups is 1. The lowest BCUT2D eigenvalue weighted by molar-refractivity contribution is 0.0785. The summed E-state index contributed by atoms with van der Waals surface area (Å²) in [6.45, 7) is 1.78. The van der Waals surface area contributed by atoms with Gasteiger partial charge in [0.1, 0.15) is 0 Å². The van der Waals surface area contributed by atoms with E-state index in [2.05, 4.69) is 0 Å². The van der Waals surface area contributed by atoms with Crippen molar-refractivity contribution in [3.05, 3.63) is 29.8 Å². The summed E-state index contributed by atoms with van der Waals surface area (Å²) in [7, 11) is 3.94. The normalized spacial score (nSPS) is 18.7. The number of hydrogen-bond donors (Lipinski definition) is 1. The molecule has 0 radical (unpaired) electrons. The molecule has 2 rings (SSSR count). The molecule has 4 nitrogen and oxygen atoms in total. The number of hydrogen-bond acceptors (Lipinski definition) is 3. The van der Waals surface area contributed by atoms with Gasteiger partial charge in [-0.25, -0.2) is 0 Å². The van der Waals surface area contributed by atoms with Crippen LogP contribution in [0.1, 0.15) is 23.2 Å². The molecule has 1 fully saturated rings. The topological polar surface area (TPSA) is 43.8 Å². The Balaban J connectivity index is 2.06. The average molecular weight is 262 g/mol. The van der Waals surface area contributed by atoms with Crippen LogP contribution in [0.3, 0.4) is 0 Å². The van der Waals surface area contributed by atoms with Gasteiger partial charge in [0.05, 0.1) is 0 Å². The molecule has 1 saturated heterocycles. The van der Waals surface area contributed by atoms with Crippen LogP contribution in [0.2, 0.25) is 0 Å². The highest BCUT2D eigenvalue weighted by Crippen LogP contribution is 2.22. The van der Waals surface area contributed by atoms with Crippen LogP contribution in [-0.4, -0.2) is 49.7 Å². The zero-order chi connectivity index (χ0) is 13.8. The number of aliphatic hydroxyl groups excluding tert-OH is 1. The first-order valence-corrected chi connectivity index (χ1v) is 6.79. The van der Waals surface area contributed by atoms with Crippen molar-refractivity contribution in [3.63, 3.8) is 0 Å². The van der Waals surface area contributed by atoms with E-state index in [-0.39, 0.29) is 12.5 Å². The van der Waals surface area contributed by atoms with Crippen LogP contribution in [0.4, 0.5) is 5.69 Å². The van der Waals surface area contributed by atoms with Gasteiger partial charge in [0, 0.05) is 45.0 Å². The number of benzene rings is 1. The summed E-state index contributed by atoms with van der Waals surface area (Å²) in [5, 5.41) is 8.96. The van der Waals surface area contributed by atoms with Gasteiger partial charge in [-0.2, -0.15) is 0 Å². The maximum atomic E-state index is 12.4. The van der Waals surface area contributed by atoms with Gasteiger partial charge in [-0.15, -0.1) is 0 Å². The number of rotatable bonds is 4. The molecule has 0 aliphatic carbocycles. The molecule has 0 aromatic heterocycles. The van der Waals surface area contributed by atoms with E-state index in [0.717, 1.165) is 37.2 Å². The molecular formula is C15H22N2O2. The maximum absolute atomic E-state index is 12.4. The summed E-state index contributed by atoms with van der Waals surface area (Å²) < 4.78 is 0. The second-order valence-corrected chi connectivity index (χ2v) is 5.36. The largest absolute Gasteiger partial charge is 0.396 e. The van der Waals surface area contributed by atoms with Crippen molar-refractivity contribution < 1.29 is 9.90 Å². The third-order valence-electron chi connectivity index (χ3n) is 3.72. The molecular weight excluding hydrogens is 240 g/mol. The molecule has 0 bridgehead atoms. The highest BCUT2D eigenvalue weighted by atomic mass is 16.3. The SMILES string of the molecule is CN(C)c1cccc(C(=O)N2CCC(CCO)C2)c1. The predicted molar refractivity (Wildman–Crippen MR) is 76.5 cm³/mol. The molecule has 1 heterocycles. The molecule has 1 unspecified atom stereocenters. The lowest BCUT2D eigenvalue weighted by atomic mass is 10.1. The second-order valence-electron chi connectivity index (χ2n) is 5.36. The predicted octanol–water partition coefficient (Wildman–Crippen LogP) is 1.60. The van der Waals surface area contributed by atoms with Crippen molar-refractivity contribution >= 4 is 11.6 Å². The smallest absolute Gasteiger partial charge is 0.253 e. The minimum absolute atomic E-state index is 0.101. The van der Waals surface area contributed by atoms with Crippen molar-refractivity contribution in [2.45, 2.75) is 12.8 Å². The molecule has 19 heavy (non-hydrogen) atoms. The standard InChI is InChI=1S/C15H22N2O2/c1-16(2)14-5-3-4-13(10-14)15(19)17-8-6-12(11-17)7-9-18/h3-5,10,12,18H,6-9,11H2,1-2H3. The third-order valence-corrected chi connectivity index (χ3v) is 3.72. The van der Waals surface area contributed by atoms with E-state index in [1.807, 2.05) is 48.2 Å². The van der Waals surface area contributed by atoms with Crippen LogP contribution >= 0.6 is 0 Å². The summed E-state index contributed by atoms with van der Waals surface area (Å²) in [6.07, 6.45) is 1.79. The molecule has 0 saturated carbocycles. The van der Waals surface area contributed by atoms with Gasteiger partial charge in [-0.05, 0) is 37.0 Å². The first-order chi connectivity index (χ1) is 9.11. The van der Waals surface area contributed by atoms with Crippen molar-refractivity contribution in [1.82, 2.24) is 4.90 Å². The second kappa shape index (κ2) is 6.06. The van der Waals surface area contributed by atoms with Gasteiger partial charge in [0.15, 0.2) is 0 Å². The van der Waals surface area contributed by atoms with Crippen molar-refractivity contribution in [1.29, 1.82) is 0 Å². The number of amides is 1. The van der Waals surface area contributed by atoms with Crippen molar-refractivity contribution in [2.75, 3.05) is 38.7 Å². The number of likely N-dealkylation sites (tertiary alicyclic amines) is 1.